The highest BCUT2D eigenvalue weighted by molar-refractivity contribution is 5.92. The molecule has 1 atom stereocenters. The minimum absolute atomic E-state index is 0.0176. The van der Waals surface area contributed by atoms with Gasteiger partial charge < -0.3 is 9.84 Å². The highest BCUT2D eigenvalue weighted by Gasteiger charge is 2.50. The van der Waals surface area contributed by atoms with E-state index in [9.17, 15) is 14.7 Å². The van der Waals surface area contributed by atoms with Crippen LogP contribution in [0.1, 0.15) is 52.2 Å². The zero-order chi connectivity index (χ0) is 17.4. The van der Waals surface area contributed by atoms with E-state index in [1.54, 1.807) is 19.1 Å². The molecule has 1 N–H and O–H groups in total. The van der Waals surface area contributed by atoms with Gasteiger partial charge in [-0.3, -0.25) is 9.59 Å². The summed E-state index contributed by atoms with van der Waals surface area (Å²) in [4.78, 5) is 23.2. The van der Waals surface area contributed by atoms with Crippen molar-refractivity contribution >= 4 is 11.8 Å². The van der Waals surface area contributed by atoms with Crippen LogP contribution in [-0.2, 0) is 21.6 Å². The van der Waals surface area contributed by atoms with Gasteiger partial charge >= 0.3 is 5.97 Å². The first-order valence-corrected chi connectivity index (χ1v) is 7.87. The number of esters is 1. The van der Waals surface area contributed by atoms with Crippen LogP contribution in [0.4, 0.5) is 0 Å². The van der Waals surface area contributed by atoms with Crippen LogP contribution < -0.4 is 4.74 Å². The Hall–Kier alpha value is -1.94. The maximum atomic E-state index is 11.9. The average Bonchev–Trinajstić information content (AvgIpc) is 2.42. The fraction of sp³-hybridized carbons (Fsp3) is 0.474. The van der Waals surface area contributed by atoms with E-state index in [-0.39, 0.29) is 12.2 Å². The van der Waals surface area contributed by atoms with Gasteiger partial charge in [0.15, 0.2) is 5.78 Å². The molecule has 1 aromatic carbocycles. The number of benzene rings is 1. The van der Waals surface area contributed by atoms with Crippen LogP contribution in [0.2, 0.25) is 0 Å². The topological polar surface area (TPSA) is 63.6 Å². The van der Waals surface area contributed by atoms with Crippen molar-refractivity contribution in [1.29, 1.82) is 0 Å². The molecular formula is C19H24O4. The van der Waals surface area contributed by atoms with E-state index in [0.29, 0.717) is 16.9 Å². The molecule has 0 saturated heterocycles. The van der Waals surface area contributed by atoms with Crippen LogP contribution in [0.3, 0.4) is 0 Å². The molecule has 0 spiro atoms. The smallest absolute Gasteiger partial charge is 0.308 e. The largest absolute Gasteiger partial charge is 0.427 e. The van der Waals surface area contributed by atoms with Crippen molar-refractivity contribution in [1.82, 2.24) is 0 Å². The standard InChI is InChI=1S/C19H24O4/c1-6-14-8-15(10-17(9-14)23-13(3)20)19(22)12(2)7-16(21)11-18(19,4)5/h7-10,22H,6,11H2,1-5H3. The molecule has 1 unspecified atom stereocenters. The van der Waals surface area contributed by atoms with Gasteiger partial charge in [-0.2, -0.15) is 0 Å². The Balaban J connectivity index is 2.65. The quantitative estimate of drug-likeness (QED) is 0.686. The molecule has 124 valence electrons. The first-order valence-electron chi connectivity index (χ1n) is 7.87. The molecule has 0 heterocycles. The molecule has 0 fully saturated rings. The lowest BCUT2D eigenvalue weighted by Crippen LogP contribution is -2.47. The van der Waals surface area contributed by atoms with E-state index in [2.05, 4.69) is 0 Å². The van der Waals surface area contributed by atoms with Crippen LogP contribution in [0.25, 0.3) is 0 Å². The second kappa shape index (κ2) is 5.93. The Morgan fingerprint density at radius 1 is 1.30 bits per heavy atom. The molecule has 0 aromatic heterocycles. The number of aliphatic hydroxyl groups is 1. The lowest BCUT2D eigenvalue weighted by Gasteiger charge is -2.46. The van der Waals surface area contributed by atoms with Gasteiger partial charge in [-0.25, -0.2) is 0 Å². The van der Waals surface area contributed by atoms with Crippen LogP contribution >= 0.6 is 0 Å². The predicted molar refractivity (Wildman–Crippen MR) is 88.2 cm³/mol. The first-order chi connectivity index (χ1) is 10.6. The molecule has 0 radical (unpaired) electrons. The maximum absolute atomic E-state index is 11.9. The Labute approximate surface area is 137 Å². The summed E-state index contributed by atoms with van der Waals surface area (Å²) in [7, 11) is 0. The van der Waals surface area contributed by atoms with Gasteiger partial charge in [0, 0.05) is 18.8 Å². The fourth-order valence-electron chi connectivity index (χ4n) is 3.41. The number of hydrogen-bond donors (Lipinski definition) is 1. The predicted octanol–water partition coefficient (Wildman–Crippen LogP) is 3.31. The third-order valence-electron chi connectivity index (χ3n) is 4.60. The summed E-state index contributed by atoms with van der Waals surface area (Å²) in [6.45, 7) is 8.88. The van der Waals surface area contributed by atoms with Gasteiger partial charge in [0.05, 0.1) is 0 Å². The Morgan fingerprint density at radius 2 is 1.96 bits per heavy atom. The van der Waals surface area contributed by atoms with E-state index in [4.69, 9.17) is 4.74 Å². The van der Waals surface area contributed by atoms with Crippen molar-refractivity contribution in [3.8, 4) is 5.75 Å². The van der Waals surface area contributed by atoms with E-state index in [0.717, 1.165) is 12.0 Å². The zero-order valence-corrected chi connectivity index (χ0v) is 14.4. The number of aryl methyl sites for hydroxylation is 1. The van der Waals surface area contributed by atoms with Crippen molar-refractivity contribution in [3.63, 3.8) is 0 Å². The average molecular weight is 316 g/mol. The van der Waals surface area contributed by atoms with Crippen LogP contribution in [0, 0.1) is 5.41 Å². The molecule has 0 aliphatic heterocycles. The number of hydrogen-bond acceptors (Lipinski definition) is 4. The van der Waals surface area contributed by atoms with E-state index >= 15 is 0 Å². The summed E-state index contributed by atoms with van der Waals surface area (Å²) >= 11 is 0. The van der Waals surface area contributed by atoms with Crippen molar-refractivity contribution in [2.75, 3.05) is 0 Å². The third kappa shape index (κ3) is 3.08. The van der Waals surface area contributed by atoms with E-state index < -0.39 is 17.0 Å². The molecule has 0 bridgehead atoms. The summed E-state index contributed by atoms with van der Waals surface area (Å²) in [6, 6.07) is 5.41. The number of carbonyl (C=O) groups is 2. The van der Waals surface area contributed by atoms with Crippen LogP contribution in [0.15, 0.2) is 29.8 Å². The zero-order valence-electron chi connectivity index (χ0n) is 14.4. The lowest BCUT2D eigenvalue weighted by atomic mass is 9.62. The van der Waals surface area contributed by atoms with Crippen molar-refractivity contribution in [3.05, 3.63) is 41.0 Å². The Kier molecular flexibility index (Phi) is 4.49. The van der Waals surface area contributed by atoms with Gasteiger partial charge in [-0.15, -0.1) is 0 Å². The van der Waals surface area contributed by atoms with Gasteiger partial charge in [0.25, 0.3) is 0 Å². The highest BCUT2D eigenvalue weighted by atomic mass is 16.5. The molecule has 1 aromatic rings. The third-order valence-corrected chi connectivity index (χ3v) is 4.60. The number of ketones is 1. The number of rotatable bonds is 3. The van der Waals surface area contributed by atoms with Gasteiger partial charge in [0.2, 0.25) is 0 Å². The number of allylic oxidation sites excluding steroid dienone is 1. The second-order valence-electron chi connectivity index (χ2n) is 6.88. The van der Waals surface area contributed by atoms with E-state index in [1.807, 2.05) is 26.8 Å². The molecule has 4 nitrogen and oxygen atoms in total. The minimum atomic E-state index is -1.28. The molecule has 0 saturated carbocycles. The second-order valence-corrected chi connectivity index (χ2v) is 6.88. The SMILES string of the molecule is CCc1cc(OC(C)=O)cc(C2(O)C(C)=CC(=O)CC2(C)C)c1. The number of ether oxygens (including phenoxy) is 1. The maximum Gasteiger partial charge on any atom is 0.308 e. The van der Waals surface area contributed by atoms with Crippen molar-refractivity contribution in [2.24, 2.45) is 5.41 Å². The molecule has 1 aliphatic carbocycles. The van der Waals surface area contributed by atoms with E-state index in [1.165, 1.54) is 13.0 Å². The minimum Gasteiger partial charge on any atom is -0.427 e. The summed E-state index contributed by atoms with van der Waals surface area (Å²) in [6.07, 6.45) is 2.52. The van der Waals surface area contributed by atoms with Crippen LogP contribution in [0.5, 0.6) is 5.75 Å². The monoisotopic (exact) mass is 316 g/mol. The number of carbonyl (C=O) groups excluding carboxylic acids is 2. The van der Waals surface area contributed by atoms with Crippen molar-refractivity contribution < 1.29 is 19.4 Å². The van der Waals surface area contributed by atoms with Gasteiger partial charge in [-0.05, 0) is 48.3 Å². The summed E-state index contributed by atoms with van der Waals surface area (Å²) in [5.41, 5.74) is 0.303. The Morgan fingerprint density at radius 3 is 2.48 bits per heavy atom. The van der Waals surface area contributed by atoms with Crippen molar-refractivity contribution in [2.45, 2.75) is 53.1 Å². The molecule has 2 rings (SSSR count). The molecule has 0 amide bonds. The Bertz CT molecular complexity index is 685. The molecule has 4 heteroatoms. The summed E-state index contributed by atoms with van der Waals surface area (Å²) in [5, 5.41) is 11.5. The summed E-state index contributed by atoms with van der Waals surface area (Å²) in [5.74, 6) is 0.0337. The van der Waals surface area contributed by atoms with Gasteiger partial charge in [0.1, 0.15) is 11.4 Å². The van der Waals surface area contributed by atoms with Gasteiger partial charge in [-0.1, -0.05) is 26.8 Å². The fourth-order valence-corrected chi connectivity index (χ4v) is 3.41. The molecular weight excluding hydrogens is 292 g/mol. The molecule has 1 aliphatic rings. The lowest BCUT2D eigenvalue weighted by molar-refractivity contribution is -0.131. The highest BCUT2D eigenvalue weighted by Crippen LogP contribution is 2.50. The normalized spacial score (nSPS) is 23.4. The first kappa shape index (κ1) is 17.4. The van der Waals surface area contributed by atoms with Crippen LogP contribution in [-0.4, -0.2) is 16.9 Å². The summed E-state index contributed by atoms with van der Waals surface area (Å²) < 4.78 is 5.22. The molecule has 23 heavy (non-hydrogen) atoms.